The molecule has 0 spiro atoms. The summed E-state index contributed by atoms with van der Waals surface area (Å²) in [7, 11) is 0. The largest absolute Gasteiger partial charge is 0.399 e. The third kappa shape index (κ3) is 2.42. The highest BCUT2D eigenvalue weighted by Gasteiger charge is 2.36. The molecule has 4 heteroatoms. The lowest BCUT2D eigenvalue weighted by atomic mass is 9.85. The molecule has 114 valence electrons. The van der Waals surface area contributed by atoms with E-state index >= 15 is 0 Å². The molecule has 2 aromatic rings. The van der Waals surface area contributed by atoms with Crippen LogP contribution < -0.4 is 5.73 Å². The van der Waals surface area contributed by atoms with Crippen molar-refractivity contribution in [2.75, 3.05) is 12.3 Å². The van der Waals surface area contributed by atoms with Crippen LogP contribution in [0.1, 0.15) is 51.4 Å². The molecule has 0 saturated carbocycles. The lowest BCUT2D eigenvalue weighted by Crippen LogP contribution is -2.39. The Balaban J connectivity index is 2.02. The van der Waals surface area contributed by atoms with Gasteiger partial charge in [0.25, 0.3) is 0 Å². The van der Waals surface area contributed by atoms with Gasteiger partial charge in [0.2, 0.25) is 0 Å². The number of aryl methyl sites for hydroxylation is 1. The first kappa shape index (κ1) is 14.4. The normalized spacial score (nSPS) is 21.8. The summed E-state index contributed by atoms with van der Waals surface area (Å²) >= 11 is 0. The second-order valence-corrected chi connectivity index (χ2v) is 6.16. The minimum absolute atomic E-state index is 0.0275. The molecule has 4 nitrogen and oxygen atoms in total. The summed E-state index contributed by atoms with van der Waals surface area (Å²) in [6.45, 7) is 7.38. The molecule has 1 aliphatic rings. The van der Waals surface area contributed by atoms with Crippen molar-refractivity contribution in [3.63, 3.8) is 0 Å². The van der Waals surface area contributed by atoms with E-state index in [9.17, 15) is 0 Å². The summed E-state index contributed by atoms with van der Waals surface area (Å²) < 4.78 is 8.50. The lowest BCUT2D eigenvalue weighted by Gasteiger charge is -2.41. The number of nitrogens with two attached hydrogens (primary N) is 1. The van der Waals surface area contributed by atoms with Gasteiger partial charge in [-0.25, -0.2) is 4.98 Å². The van der Waals surface area contributed by atoms with Crippen LogP contribution >= 0.6 is 0 Å². The number of hydrogen-bond donors (Lipinski definition) is 1. The number of nitrogens with zero attached hydrogens (tertiary/aromatic N) is 2. The highest BCUT2D eigenvalue weighted by atomic mass is 16.5. The SMILES string of the molecule is CCC1(CC)CC(n2c(C)nc3cc(N)ccc32)CCO1. The second-order valence-electron chi connectivity index (χ2n) is 6.16. The van der Waals surface area contributed by atoms with Gasteiger partial charge < -0.3 is 15.0 Å². The highest BCUT2D eigenvalue weighted by molar-refractivity contribution is 5.79. The number of fused-ring (bicyclic) bond motifs is 1. The van der Waals surface area contributed by atoms with Gasteiger partial charge in [0.1, 0.15) is 5.82 Å². The number of anilines is 1. The van der Waals surface area contributed by atoms with Crippen LogP contribution in [0.3, 0.4) is 0 Å². The Morgan fingerprint density at radius 3 is 2.86 bits per heavy atom. The molecule has 2 heterocycles. The predicted molar refractivity (Wildman–Crippen MR) is 86.4 cm³/mol. The molecule has 2 N–H and O–H groups in total. The minimum atomic E-state index is 0.0275. The van der Waals surface area contributed by atoms with Gasteiger partial charge in [-0.3, -0.25) is 0 Å². The molecule has 3 rings (SSSR count). The maximum absolute atomic E-state index is 6.11. The Bertz CT molecular complexity index is 643. The summed E-state index contributed by atoms with van der Waals surface area (Å²) in [5, 5.41) is 0. The smallest absolute Gasteiger partial charge is 0.106 e. The zero-order valence-corrected chi connectivity index (χ0v) is 13.2. The molecule has 0 amide bonds. The van der Waals surface area contributed by atoms with E-state index < -0.39 is 0 Å². The van der Waals surface area contributed by atoms with E-state index in [1.54, 1.807) is 0 Å². The van der Waals surface area contributed by atoms with E-state index in [1.165, 1.54) is 5.52 Å². The Morgan fingerprint density at radius 2 is 2.14 bits per heavy atom. The van der Waals surface area contributed by atoms with Crippen molar-refractivity contribution in [1.29, 1.82) is 0 Å². The average Bonchev–Trinajstić information content (AvgIpc) is 2.82. The Morgan fingerprint density at radius 1 is 1.38 bits per heavy atom. The van der Waals surface area contributed by atoms with Crippen LogP contribution in [-0.2, 0) is 4.74 Å². The molecule has 1 aromatic heterocycles. The lowest BCUT2D eigenvalue weighted by molar-refractivity contribution is -0.0984. The molecule has 0 aliphatic carbocycles. The van der Waals surface area contributed by atoms with Crippen LogP contribution in [0.25, 0.3) is 11.0 Å². The fourth-order valence-corrected chi connectivity index (χ4v) is 3.66. The number of ether oxygens (including phenoxy) is 1. The van der Waals surface area contributed by atoms with Gasteiger partial charge in [-0.2, -0.15) is 0 Å². The van der Waals surface area contributed by atoms with Crippen molar-refractivity contribution in [2.24, 2.45) is 0 Å². The number of hydrogen-bond acceptors (Lipinski definition) is 3. The van der Waals surface area contributed by atoms with Crippen LogP contribution in [0.2, 0.25) is 0 Å². The topological polar surface area (TPSA) is 53.1 Å². The number of benzene rings is 1. The molecule has 1 fully saturated rings. The second kappa shape index (κ2) is 5.34. The van der Waals surface area contributed by atoms with Gasteiger partial charge in [0.05, 0.1) is 16.6 Å². The maximum Gasteiger partial charge on any atom is 0.106 e. The number of aromatic nitrogens is 2. The van der Waals surface area contributed by atoms with Crippen molar-refractivity contribution >= 4 is 16.7 Å². The van der Waals surface area contributed by atoms with Crippen molar-refractivity contribution in [1.82, 2.24) is 9.55 Å². The highest BCUT2D eigenvalue weighted by Crippen LogP contribution is 2.39. The molecule has 21 heavy (non-hydrogen) atoms. The molecule has 1 aliphatic heterocycles. The molecular formula is C17H25N3O. The zero-order chi connectivity index (χ0) is 15.0. The standard InChI is InChI=1S/C17H25N3O/c1-4-17(5-2)11-14(8-9-21-17)20-12(3)19-15-10-13(18)6-7-16(15)20/h6-7,10,14H,4-5,8-9,11,18H2,1-3H3. The summed E-state index contributed by atoms with van der Waals surface area (Å²) in [4.78, 5) is 4.69. The monoisotopic (exact) mass is 287 g/mol. The fraction of sp³-hybridized carbons (Fsp3) is 0.588. The minimum Gasteiger partial charge on any atom is -0.399 e. The van der Waals surface area contributed by atoms with Gasteiger partial charge >= 0.3 is 0 Å². The van der Waals surface area contributed by atoms with E-state index in [1.807, 2.05) is 12.1 Å². The van der Waals surface area contributed by atoms with Gasteiger partial charge in [0, 0.05) is 18.3 Å². The molecule has 0 bridgehead atoms. The van der Waals surface area contributed by atoms with Crippen LogP contribution in [0.15, 0.2) is 18.2 Å². The van der Waals surface area contributed by atoms with Crippen LogP contribution in [-0.4, -0.2) is 21.8 Å². The molecular weight excluding hydrogens is 262 g/mol. The number of nitrogen functional groups attached to an aromatic ring is 1. The molecule has 1 saturated heterocycles. The van der Waals surface area contributed by atoms with E-state index in [4.69, 9.17) is 15.5 Å². The van der Waals surface area contributed by atoms with E-state index in [0.717, 1.165) is 49.3 Å². The summed E-state index contributed by atoms with van der Waals surface area (Å²) in [5.41, 5.74) is 8.87. The predicted octanol–water partition coefficient (Wildman–Crippen LogP) is 3.84. The van der Waals surface area contributed by atoms with Crippen LogP contribution in [0.5, 0.6) is 0 Å². The molecule has 1 atom stereocenters. The van der Waals surface area contributed by atoms with Crippen LogP contribution in [0, 0.1) is 6.92 Å². The number of rotatable bonds is 3. The Labute approximate surface area is 126 Å². The van der Waals surface area contributed by atoms with E-state index in [2.05, 4.69) is 31.4 Å². The van der Waals surface area contributed by atoms with E-state index in [0.29, 0.717) is 6.04 Å². The van der Waals surface area contributed by atoms with Gasteiger partial charge in [-0.1, -0.05) is 13.8 Å². The number of imidazole rings is 1. The van der Waals surface area contributed by atoms with Crippen LogP contribution in [0.4, 0.5) is 5.69 Å². The Kier molecular flexibility index (Phi) is 3.66. The van der Waals surface area contributed by atoms with E-state index in [-0.39, 0.29) is 5.60 Å². The Hall–Kier alpha value is -1.55. The summed E-state index contributed by atoms with van der Waals surface area (Å²) in [6, 6.07) is 6.49. The van der Waals surface area contributed by atoms with Gasteiger partial charge in [0.15, 0.2) is 0 Å². The summed E-state index contributed by atoms with van der Waals surface area (Å²) in [5.74, 6) is 1.07. The molecule has 1 unspecified atom stereocenters. The van der Waals surface area contributed by atoms with Crippen molar-refractivity contribution in [3.8, 4) is 0 Å². The average molecular weight is 287 g/mol. The first-order chi connectivity index (χ1) is 10.1. The third-order valence-corrected chi connectivity index (χ3v) is 5.01. The molecule has 1 aromatic carbocycles. The van der Waals surface area contributed by atoms with Crippen molar-refractivity contribution < 1.29 is 4.74 Å². The fourth-order valence-electron chi connectivity index (χ4n) is 3.66. The third-order valence-electron chi connectivity index (χ3n) is 5.01. The maximum atomic E-state index is 6.11. The molecule has 0 radical (unpaired) electrons. The first-order valence-corrected chi connectivity index (χ1v) is 7.96. The van der Waals surface area contributed by atoms with Crippen molar-refractivity contribution in [3.05, 3.63) is 24.0 Å². The van der Waals surface area contributed by atoms with Gasteiger partial charge in [-0.05, 0) is 50.8 Å². The summed E-state index contributed by atoms with van der Waals surface area (Å²) in [6.07, 6.45) is 4.26. The zero-order valence-electron chi connectivity index (χ0n) is 13.2. The van der Waals surface area contributed by atoms with Crippen molar-refractivity contribution in [2.45, 2.75) is 58.1 Å². The van der Waals surface area contributed by atoms with Gasteiger partial charge in [-0.15, -0.1) is 0 Å². The first-order valence-electron chi connectivity index (χ1n) is 7.96. The quantitative estimate of drug-likeness (QED) is 0.873.